The van der Waals surface area contributed by atoms with E-state index in [9.17, 15) is 4.79 Å². The normalized spacial score (nSPS) is 12.5. The second-order valence-corrected chi connectivity index (χ2v) is 7.72. The van der Waals surface area contributed by atoms with Gasteiger partial charge in [-0.15, -0.1) is 0 Å². The van der Waals surface area contributed by atoms with Crippen LogP contribution in [0.3, 0.4) is 0 Å². The maximum Gasteiger partial charge on any atom is 0.341 e. The quantitative estimate of drug-likeness (QED) is 0.377. The minimum absolute atomic E-state index is 0.0338. The van der Waals surface area contributed by atoms with Crippen LogP contribution in [0.4, 0.5) is 0 Å². The van der Waals surface area contributed by atoms with Crippen LogP contribution in [-0.4, -0.2) is 21.1 Å². The van der Waals surface area contributed by atoms with Crippen molar-refractivity contribution in [3.05, 3.63) is 78.2 Å². The molecule has 0 aliphatic rings. The Hall–Kier alpha value is -2.88. The summed E-state index contributed by atoms with van der Waals surface area (Å²) in [7, 11) is 0. The number of pyridine rings is 1. The number of ether oxygens (including phenoxy) is 1. The van der Waals surface area contributed by atoms with Gasteiger partial charge in [-0.3, -0.25) is 0 Å². The van der Waals surface area contributed by atoms with Crippen molar-refractivity contribution in [2.45, 2.75) is 67.0 Å². The van der Waals surface area contributed by atoms with E-state index in [4.69, 9.17) is 4.74 Å². The van der Waals surface area contributed by atoms with Crippen LogP contribution in [0.25, 0.3) is 11.0 Å². The molecule has 2 rings (SSSR count). The van der Waals surface area contributed by atoms with Crippen molar-refractivity contribution < 1.29 is 9.53 Å². The van der Waals surface area contributed by atoms with E-state index in [-0.39, 0.29) is 12.0 Å². The summed E-state index contributed by atoms with van der Waals surface area (Å²) in [5, 5.41) is 0.799. The minimum Gasteiger partial charge on any atom is -0.456 e. The van der Waals surface area contributed by atoms with Crippen LogP contribution in [0.15, 0.2) is 66.9 Å². The van der Waals surface area contributed by atoms with E-state index in [2.05, 4.69) is 35.7 Å². The summed E-state index contributed by atoms with van der Waals surface area (Å²) in [6.45, 7) is 23.3. The van der Waals surface area contributed by atoms with Crippen molar-refractivity contribution in [1.29, 1.82) is 0 Å². The van der Waals surface area contributed by atoms with Gasteiger partial charge in [-0.2, -0.15) is 0 Å². The SMILES string of the molecule is C=CC(C=C)=C/C(=C\C)C(C)n1c(C)c(C(=O)OC(C)(C)C)c2cccnc21.CC. The third kappa shape index (κ3) is 5.59. The van der Waals surface area contributed by atoms with Crippen molar-refractivity contribution in [3.8, 4) is 0 Å². The van der Waals surface area contributed by atoms with Gasteiger partial charge in [0.05, 0.1) is 11.6 Å². The van der Waals surface area contributed by atoms with Crippen LogP contribution < -0.4 is 0 Å². The lowest BCUT2D eigenvalue weighted by Gasteiger charge is -2.21. The Bertz CT molecular complexity index is 959. The molecule has 0 fully saturated rings. The molecule has 1 atom stereocenters. The van der Waals surface area contributed by atoms with E-state index in [0.717, 1.165) is 27.9 Å². The van der Waals surface area contributed by atoms with Gasteiger partial charge < -0.3 is 9.30 Å². The Morgan fingerprint density at radius 1 is 1.23 bits per heavy atom. The lowest BCUT2D eigenvalue weighted by Crippen LogP contribution is -2.24. The van der Waals surface area contributed by atoms with Crippen molar-refractivity contribution >= 4 is 17.0 Å². The fraction of sp³-hybridized carbons (Fsp3) is 0.385. The predicted molar refractivity (Wildman–Crippen MR) is 128 cm³/mol. The number of allylic oxidation sites excluding steroid dienone is 6. The average molecular weight is 409 g/mol. The van der Waals surface area contributed by atoms with Crippen molar-refractivity contribution in [2.24, 2.45) is 0 Å². The first-order chi connectivity index (χ1) is 14.1. The van der Waals surface area contributed by atoms with Crippen LogP contribution in [0, 0.1) is 6.92 Å². The fourth-order valence-electron chi connectivity index (χ4n) is 3.31. The van der Waals surface area contributed by atoms with Gasteiger partial charge in [0.2, 0.25) is 0 Å². The Balaban J connectivity index is 0.00000218. The van der Waals surface area contributed by atoms with Gasteiger partial charge in [-0.05, 0) is 64.8 Å². The Labute approximate surface area is 181 Å². The number of hydrogen-bond donors (Lipinski definition) is 0. The first-order valence-electron chi connectivity index (χ1n) is 10.5. The topological polar surface area (TPSA) is 44.1 Å². The van der Waals surface area contributed by atoms with Gasteiger partial charge in [0.1, 0.15) is 11.2 Å². The van der Waals surface area contributed by atoms with Crippen LogP contribution in [0.1, 0.15) is 70.6 Å². The molecule has 1 unspecified atom stereocenters. The molecule has 30 heavy (non-hydrogen) atoms. The molecule has 0 saturated heterocycles. The smallest absolute Gasteiger partial charge is 0.341 e. The van der Waals surface area contributed by atoms with Gasteiger partial charge in [-0.1, -0.05) is 51.3 Å². The molecule has 0 aliphatic carbocycles. The van der Waals surface area contributed by atoms with E-state index >= 15 is 0 Å². The molecule has 2 aromatic heterocycles. The minimum atomic E-state index is -0.564. The second-order valence-electron chi connectivity index (χ2n) is 7.72. The summed E-state index contributed by atoms with van der Waals surface area (Å²) in [5.74, 6) is -0.329. The largest absolute Gasteiger partial charge is 0.456 e. The monoisotopic (exact) mass is 408 g/mol. The number of rotatable bonds is 6. The summed E-state index contributed by atoms with van der Waals surface area (Å²) in [4.78, 5) is 17.5. The average Bonchev–Trinajstić information content (AvgIpc) is 3.00. The molecule has 0 aromatic carbocycles. The maximum absolute atomic E-state index is 12.9. The number of fused-ring (bicyclic) bond motifs is 1. The fourth-order valence-corrected chi connectivity index (χ4v) is 3.31. The molecule has 0 N–H and O–H groups in total. The summed E-state index contributed by atoms with van der Waals surface area (Å²) in [5.41, 5.74) is 3.62. The number of nitrogens with zero attached hydrogens (tertiary/aromatic N) is 2. The van der Waals surface area contributed by atoms with Crippen molar-refractivity contribution in [2.75, 3.05) is 0 Å². The lowest BCUT2D eigenvalue weighted by atomic mass is 10.0. The molecule has 0 aliphatic heterocycles. The van der Waals surface area contributed by atoms with Gasteiger partial charge in [0.25, 0.3) is 0 Å². The maximum atomic E-state index is 12.9. The Kier molecular flexibility index (Phi) is 9.03. The highest BCUT2D eigenvalue weighted by molar-refractivity contribution is 6.05. The molecule has 4 heteroatoms. The second kappa shape index (κ2) is 10.8. The van der Waals surface area contributed by atoms with Crippen LogP contribution in [0.2, 0.25) is 0 Å². The van der Waals surface area contributed by atoms with E-state index in [1.165, 1.54) is 0 Å². The molecule has 2 heterocycles. The number of aromatic nitrogens is 2. The first-order valence-corrected chi connectivity index (χ1v) is 10.5. The molecule has 0 bridgehead atoms. The standard InChI is InChI=1S/C24H30N2O2.C2H6/c1-9-18(10-2)15-19(11-3)16(4)26-17(5)21(23(27)28-24(6,7)8)20-13-12-14-25-22(20)26;1-2/h9-16H,1-2H2,3-8H3;1-2H3/b19-11+;. The molecule has 0 amide bonds. The molecular formula is C26H36N2O2. The molecular weight excluding hydrogens is 372 g/mol. The highest BCUT2D eigenvalue weighted by atomic mass is 16.6. The van der Waals surface area contributed by atoms with Gasteiger partial charge >= 0.3 is 5.97 Å². The Morgan fingerprint density at radius 3 is 2.33 bits per heavy atom. The van der Waals surface area contributed by atoms with Crippen LogP contribution in [0.5, 0.6) is 0 Å². The predicted octanol–water partition coefficient (Wildman–Crippen LogP) is 7.13. The Morgan fingerprint density at radius 2 is 1.83 bits per heavy atom. The first kappa shape index (κ1) is 25.2. The number of hydrogen-bond acceptors (Lipinski definition) is 3. The lowest BCUT2D eigenvalue weighted by molar-refractivity contribution is 0.00707. The van der Waals surface area contributed by atoms with Crippen LogP contribution in [-0.2, 0) is 4.74 Å². The molecule has 4 nitrogen and oxygen atoms in total. The molecule has 0 spiro atoms. The van der Waals surface area contributed by atoms with Crippen LogP contribution >= 0.6 is 0 Å². The summed E-state index contributed by atoms with van der Waals surface area (Å²) >= 11 is 0. The third-order valence-corrected chi connectivity index (χ3v) is 4.62. The summed E-state index contributed by atoms with van der Waals surface area (Å²) in [6, 6.07) is 3.73. The van der Waals surface area contributed by atoms with Gasteiger partial charge in [-0.25, -0.2) is 9.78 Å². The summed E-state index contributed by atoms with van der Waals surface area (Å²) in [6.07, 6.45) is 9.39. The molecule has 0 saturated carbocycles. The van der Waals surface area contributed by atoms with Crippen molar-refractivity contribution in [3.63, 3.8) is 0 Å². The summed E-state index contributed by atoms with van der Waals surface area (Å²) < 4.78 is 7.75. The van der Waals surface area contributed by atoms with E-state index in [1.54, 1.807) is 18.3 Å². The number of carbonyl (C=O) groups excluding carboxylic acids is 1. The van der Waals surface area contributed by atoms with Gasteiger partial charge in [0.15, 0.2) is 0 Å². The molecule has 0 radical (unpaired) electrons. The van der Waals surface area contributed by atoms with Crippen molar-refractivity contribution in [1.82, 2.24) is 9.55 Å². The number of esters is 1. The molecule has 2 aromatic rings. The third-order valence-electron chi connectivity index (χ3n) is 4.62. The highest BCUT2D eigenvalue weighted by Crippen LogP contribution is 2.32. The molecule has 162 valence electrons. The van der Waals surface area contributed by atoms with Gasteiger partial charge in [0, 0.05) is 17.3 Å². The van der Waals surface area contributed by atoms with E-state index in [1.807, 2.05) is 66.7 Å². The van der Waals surface area contributed by atoms with E-state index in [0.29, 0.717) is 5.56 Å². The zero-order chi connectivity index (χ0) is 23.1. The zero-order valence-corrected chi connectivity index (χ0v) is 19.7. The number of carbonyl (C=O) groups is 1. The highest BCUT2D eigenvalue weighted by Gasteiger charge is 2.27. The van der Waals surface area contributed by atoms with E-state index < -0.39 is 5.60 Å². The zero-order valence-electron chi connectivity index (χ0n) is 19.7.